The lowest BCUT2D eigenvalue weighted by atomic mass is 9.97. The lowest BCUT2D eigenvalue weighted by molar-refractivity contribution is 1.07. The SMILES string of the molecule is c1ccc(-c2ccc(-c3nc(-c4ccccc4)nc(-c4cc(-c5ccccc5)cc(-c5ncnc6c5sc5ccccc56)c4)n3)cc2)cc1. The summed E-state index contributed by atoms with van der Waals surface area (Å²) in [5.74, 6) is 1.83. The molecule has 0 radical (unpaired) electrons. The van der Waals surface area contributed by atoms with E-state index < -0.39 is 0 Å². The van der Waals surface area contributed by atoms with E-state index >= 15 is 0 Å². The van der Waals surface area contributed by atoms with Crippen LogP contribution in [-0.2, 0) is 0 Å². The number of hydrogen-bond acceptors (Lipinski definition) is 6. The molecule has 49 heavy (non-hydrogen) atoms. The van der Waals surface area contributed by atoms with E-state index in [1.54, 1.807) is 17.7 Å². The van der Waals surface area contributed by atoms with Gasteiger partial charge < -0.3 is 0 Å². The molecule has 3 heterocycles. The molecule has 230 valence electrons. The molecule has 9 aromatic rings. The molecule has 0 amide bonds. The Bertz CT molecular complexity index is 2580. The summed E-state index contributed by atoms with van der Waals surface area (Å²) in [5, 5.41) is 1.14. The lowest BCUT2D eigenvalue weighted by Gasteiger charge is -2.12. The Kier molecular flexibility index (Phi) is 7.26. The Labute approximate surface area is 287 Å². The van der Waals surface area contributed by atoms with E-state index in [0.717, 1.165) is 65.8 Å². The van der Waals surface area contributed by atoms with Gasteiger partial charge in [0.1, 0.15) is 6.33 Å². The zero-order chi connectivity index (χ0) is 32.6. The average Bonchev–Trinajstić information content (AvgIpc) is 3.58. The molecule has 3 aromatic heterocycles. The molecule has 0 saturated heterocycles. The van der Waals surface area contributed by atoms with Gasteiger partial charge in [0.15, 0.2) is 17.5 Å². The van der Waals surface area contributed by atoms with Crippen LogP contribution in [0, 0.1) is 0 Å². The summed E-state index contributed by atoms with van der Waals surface area (Å²) in [7, 11) is 0. The van der Waals surface area contributed by atoms with E-state index in [2.05, 4.69) is 115 Å². The maximum Gasteiger partial charge on any atom is 0.164 e. The van der Waals surface area contributed by atoms with E-state index in [1.165, 1.54) is 4.70 Å². The number of nitrogens with zero attached hydrogens (tertiary/aromatic N) is 5. The second-order valence-electron chi connectivity index (χ2n) is 11.8. The van der Waals surface area contributed by atoms with E-state index in [9.17, 15) is 0 Å². The number of aromatic nitrogens is 5. The van der Waals surface area contributed by atoms with Gasteiger partial charge in [0.25, 0.3) is 0 Å². The highest BCUT2D eigenvalue weighted by Gasteiger charge is 2.18. The van der Waals surface area contributed by atoms with Gasteiger partial charge in [0.2, 0.25) is 0 Å². The molecule has 0 aliphatic carbocycles. The summed E-state index contributed by atoms with van der Waals surface area (Å²) in [6.07, 6.45) is 1.67. The van der Waals surface area contributed by atoms with Crippen LogP contribution in [0.4, 0.5) is 0 Å². The summed E-state index contributed by atoms with van der Waals surface area (Å²) < 4.78 is 2.24. The van der Waals surface area contributed by atoms with Crippen LogP contribution in [-0.4, -0.2) is 24.9 Å². The Balaban J connectivity index is 1.24. The molecule has 0 unspecified atom stereocenters. The summed E-state index contributed by atoms with van der Waals surface area (Å²) in [4.78, 5) is 24.7. The van der Waals surface area contributed by atoms with Crippen molar-refractivity contribution in [2.75, 3.05) is 0 Å². The van der Waals surface area contributed by atoms with Crippen molar-refractivity contribution in [1.82, 2.24) is 24.9 Å². The Hall–Kier alpha value is -6.37. The first-order chi connectivity index (χ1) is 24.3. The Morgan fingerprint density at radius 2 is 0.837 bits per heavy atom. The van der Waals surface area contributed by atoms with Crippen LogP contribution in [0.1, 0.15) is 0 Å². The normalized spacial score (nSPS) is 11.3. The maximum absolute atomic E-state index is 5.12. The van der Waals surface area contributed by atoms with Gasteiger partial charge in [-0.1, -0.05) is 133 Å². The van der Waals surface area contributed by atoms with Gasteiger partial charge in [-0.2, -0.15) is 0 Å². The van der Waals surface area contributed by atoms with Gasteiger partial charge in [-0.3, -0.25) is 0 Å². The maximum atomic E-state index is 5.12. The standard InChI is InChI=1S/C43H27N5S/c1-4-12-28(13-5-1)30-20-22-32(23-21-30)42-46-41(31-16-8-3-9-17-31)47-43(48-42)35-25-33(29-14-6-2-7-15-29)24-34(26-35)38-40-39(45-27-44-38)36-18-10-11-19-37(36)49-40/h1-27H. The van der Waals surface area contributed by atoms with Crippen LogP contribution < -0.4 is 0 Å². The van der Waals surface area contributed by atoms with Crippen LogP contribution >= 0.6 is 11.3 Å². The van der Waals surface area contributed by atoms with Crippen LogP contribution in [0.2, 0.25) is 0 Å². The summed E-state index contributed by atoms with van der Waals surface area (Å²) in [6, 6.07) is 54.2. The smallest absolute Gasteiger partial charge is 0.164 e. The highest BCUT2D eigenvalue weighted by Crippen LogP contribution is 2.40. The van der Waals surface area contributed by atoms with Crippen molar-refractivity contribution in [3.63, 3.8) is 0 Å². The second-order valence-corrected chi connectivity index (χ2v) is 12.8. The average molecular weight is 646 g/mol. The van der Waals surface area contributed by atoms with Crippen molar-refractivity contribution in [3.8, 4) is 67.7 Å². The van der Waals surface area contributed by atoms with Crippen molar-refractivity contribution >= 4 is 31.6 Å². The molecule has 0 saturated carbocycles. The molecule has 6 heteroatoms. The first-order valence-electron chi connectivity index (χ1n) is 16.1. The topological polar surface area (TPSA) is 64.5 Å². The minimum atomic E-state index is 0.594. The second kappa shape index (κ2) is 12.3. The fraction of sp³-hybridized carbons (Fsp3) is 0. The summed E-state index contributed by atoms with van der Waals surface area (Å²) >= 11 is 1.72. The number of hydrogen-bond donors (Lipinski definition) is 0. The van der Waals surface area contributed by atoms with Crippen molar-refractivity contribution in [1.29, 1.82) is 0 Å². The predicted octanol–water partition coefficient (Wildman–Crippen LogP) is 11.0. The van der Waals surface area contributed by atoms with Crippen molar-refractivity contribution in [2.45, 2.75) is 0 Å². The largest absolute Gasteiger partial charge is 0.235 e. The minimum absolute atomic E-state index is 0.594. The van der Waals surface area contributed by atoms with Crippen LogP contribution in [0.25, 0.3) is 88.0 Å². The minimum Gasteiger partial charge on any atom is -0.235 e. The number of thiophene rings is 1. The van der Waals surface area contributed by atoms with E-state index in [0.29, 0.717) is 17.5 Å². The van der Waals surface area contributed by atoms with Gasteiger partial charge in [-0.25, -0.2) is 24.9 Å². The van der Waals surface area contributed by atoms with Crippen LogP contribution in [0.15, 0.2) is 164 Å². The molecule has 0 spiro atoms. The van der Waals surface area contributed by atoms with Crippen LogP contribution in [0.3, 0.4) is 0 Å². The monoisotopic (exact) mass is 645 g/mol. The third-order valence-electron chi connectivity index (χ3n) is 8.65. The molecule has 0 bridgehead atoms. The first kappa shape index (κ1) is 28.8. The molecule has 6 aromatic carbocycles. The molecule has 9 rings (SSSR count). The van der Waals surface area contributed by atoms with Gasteiger partial charge in [-0.15, -0.1) is 11.3 Å². The van der Waals surface area contributed by atoms with E-state index in [1.807, 2.05) is 42.5 Å². The fourth-order valence-electron chi connectivity index (χ4n) is 6.21. The van der Waals surface area contributed by atoms with Crippen molar-refractivity contribution in [2.24, 2.45) is 0 Å². The third kappa shape index (κ3) is 5.54. The predicted molar refractivity (Wildman–Crippen MR) is 201 cm³/mol. The molecule has 0 aliphatic heterocycles. The highest BCUT2D eigenvalue weighted by atomic mass is 32.1. The summed E-state index contributed by atoms with van der Waals surface area (Å²) in [5.41, 5.74) is 10.0. The first-order valence-corrected chi connectivity index (χ1v) is 16.9. The van der Waals surface area contributed by atoms with E-state index in [-0.39, 0.29) is 0 Å². The lowest BCUT2D eigenvalue weighted by Crippen LogP contribution is -2.00. The molecule has 0 N–H and O–H groups in total. The Morgan fingerprint density at radius 3 is 1.51 bits per heavy atom. The molecule has 0 aliphatic rings. The number of rotatable bonds is 6. The zero-order valence-corrected chi connectivity index (χ0v) is 27.0. The molecular weight excluding hydrogens is 619 g/mol. The quantitative estimate of drug-likeness (QED) is 0.180. The molecule has 5 nitrogen and oxygen atoms in total. The fourth-order valence-corrected chi connectivity index (χ4v) is 7.38. The third-order valence-corrected chi connectivity index (χ3v) is 9.81. The van der Waals surface area contributed by atoms with Gasteiger partial charge >= 0.3 is 0 Å². The zero-order valence-electron chi connectivity index (χ0n) is 26.2. The number of fused-ring (bicyclic) bond motifs is 3. The van der Waals surface area contributed by atoms with Crippen molar-refractivity contribution < 1.29 is 0 Å². The molecule has 0 fully saturated rings. The summed E-state index contributed by atoms with van der Waals surface area (Å²) in [6.45, 7) is 0. The molecule has 0 atom stereocenters. The van der Waals surface area contributed by atoms with Gasteiger partial charge in [0.05, 0.1) is 15.9 Å². The highest BCUT2D eigenvalue weighted by molar-refractivity contribution is 7.26. The molecular formula is C43H27N5S. The van der Waals surface area contributed by atoms with E-state index in [4.69, 9.17) is 24.9 Å². The van der Waals surface area contributed by atoms with Crippen molar-refractivity contribution in [3.05, 3.63) is 164 Å². The van der Waals surface area contributed by atoms with Gasteiger partial charge in [0, 0.05) is 32.3 Å². The van der Waals surface area contributed by atoms with Gasteiger partial charge in [-0.05, 0) is 46.5 Å². The number of benzene rings is 6. The van der Waals surface area contributed by atoms with Crippen LogP contribution in [0.5, 0.6) is 0 Å². The Morgan fingerprint density at radius 1 is 0.367 bits per heavy atom.